The molecule has 10 nitrogen and oxygen atoms in total. The lowest BCUT2D eigenvalue weighted by Crippen LogP contribution is -2.41. The molecule has 0 fully saturated rings. The van der Waals surface area contributed by atoms with E-state index in [1.165, 1.54) is 45.2 Å². The van der Waals surface area contributed by atoms with Crippen LogP contribution in [0.2, 0.25) is 0 Å². The van der Waals surface area contributed by atoms with Crippen LogP contribution in [0.15, 0.2) is 43.6 Å². The third kappa shape index (κ3) is 4.14. The summed E-state index contributed by atoms with van der Waals surface area (Å²) in [7, 11) is 1.39. The number of hydrogen-bond donors (Lipinski definition) is 2. The molecule has 0 aliphatic carbocycles. The summed E-state index contributed by atoms with van der Waals surface area (Å²) in [5.74, 6) is -0.643. The lowest BCUT2D eigenvalue weighted by Gasteiger charge is -2.20. The van der Waals surface area contributed by atoms with E-state index in [0.29, 0.717) is 23.2 Å². The number of amides is 1. The molecule has 172 valence electrons. The average molecular weight is 487 g/mol. The number of carbonyl (C=O) groups is 1. The number of fused-ring (bicyclic) bond motifs is 1. The zero-order chi connectivity index (χ0) is 23.7. The number of nitrogens with two attached hydrogens (primary N) is 1. The van der Waals surface area contributed by atoms with Gasteiger partial charge in [-0.3, -0.25) is 28.5 Å². The normalized spacial score (nSPS) is 11.2. The molecule has 0 aliphatic rings. The summed E-state index contributed by atoms with van der Waals surface area (Å²) in [4.78, 5) is 59.9. The van der Waals surface area contributed by atoms with Crippen molar-refractivity contribution in [3.63, 3.8) is 0 Å². The smallest absolute Gasteiger partial charge is 0.330 e. The quantitative estimate of drug-likeness (QED) is 0.410. The number of hydrogen-bond acceptors (Lipinski definition) is 8. The first-order chi connectivity index (χ1) is 15.8. The average Bonchev–Trinajstić information content (AvgIpc) is 3.45. The zero-order valence-electron chi connectivity index (χ0n) is 18.0. The fourth-order valence-corrected chi connectivity index (χ4v) is 5.23. The van der Waals surface area contributed by atoms with Gasteiger partial charge in [-0.05, 0) is 17.9 Å². The van der Waals surface area contributed by atoms with Gasteiger partial charge in [0.2, 0.25) is 5.91 Å². The number of rotatable bonds is 7. The Morgan fingerprint density at radius 3 is 2.76 bits per heavy atom. The number of nitrogens with zero attached hydrogens (tertiary/aromatic N) is 4. The fraction of sp³-hybridized carbons (Fsp3) is 0.286. The van der Waals surface area contributed by atoms with Crippen LogP contribution in [-0.2, 0) is 17.9 Å². The molecular weight excluding hydrogens is 464 g/mol. The molecule has 4 heterocycles. The maximum atomic E-state index is 13.2. The monoisotopic (exact) mass is 486 g/mol. The van der Waals surface area contributed by atoms with Crippen molar-refractivity contribution in [1.29, 1.82) is 0 Å². The highest BCUT2D eigenvalue weighted by atomic mass is 32.1. The Kier molecular flexibility index (Phi) is 6.29. The molecule has 0 saturated carbocycles. The molecule has 0 aromatic carbocycles. The Morgan fingerprint density at radius 2 is 2.06 bits per heavy atom. The summed E-state index contributed by atoms with van der Waals surface area (Å²) in [6.45, 7) is 1.94. The molecule has 0 bridgehead atoms. The third-order valence-corrected chi connectivity index (χ3v) is 7.10. The first kappa shape index (κ1) is 22.7. The van der Waals surface area contributed by atoms with Gasteiger partial charge >= 0.3 is 5.69 Å². The van der Waals surface area contributed by atoms with Gasteiger partial charge in [0.05, 0.1) is 11.7 Å². The van der Waals surface area contributed by atoms with Crippen LogP contribution in [-0.4, -0.2) is 32.1 Å². The minimum Gasteiger partial charge on any atom is -0.383 e. The topological polar surface area (TPSA) is 136 Å². The number of aromatic nitrogens is 4. The van der Waals surface area contributed by atoms with Gasteiger partial charge in [-0.25, -0.2) is 9.78 Å². The Balaban J connectivity index is 1.69. The molecule has 1 amide bonds. The second kappa shape index (κ2) is 9.16. The first-order valence-electron chi connectivity index (χ1n) is 10.2. The van der Waals surface area contributed by atoms with Crippen molar-refractivity contribution in [2.24, 2.45) is 0 Å². The van der Waals surface area contributed by atoms with E-state index < -0.39 is 17.2 Å². The van der Waals surface area contributed by atoms with Crippen LogP contribution < -0.4 is 27.4 Å². The molecule has 0 unspecified atom stereocenters. The fourth-order valence-electron chi connectivity index (χ4n) is 3.51. The second-order valence-electron chi connectivity index (χ2n) is 7.44. The molecule has 4 rings (SSSR count). The molecular formula is C21H22N6O4S2. The molecule has 4 aromatic heterocycles. The van der Waals surface area contributed by atoms with E-state index in [0.717, 1.165) is 21.8 Å². The van der Waals surface area contributed by atoms with Crippen molar-refractivity contribution >= 4 is 50.3 Å². The van der Waals surface area contributed by atoms with Gasteiger partial charge in [0.15, 0.2) is 5.69 Å². The highest BCUT2D eigenvalue weighted by Crippen LogP contribution is 2.33. The number of aromatic amines is 1. The van der Waals surface area contributed by atoms with Crippen LogP contribution in [0.5, 0.6) is 0 Å². The van der Waals surface area contributed by atoms with E-state index >= 15 is 0 Å². The van der Waals surface area contributed by atoms with Gasteiger partial charge in [0.1, 0.15) is 17.2 Å². The van der Waals surface area contributed by atoms with E-state index in [-0.39, 0.29) is 23.6 Å². The highest BCUT2D eigenvalue weighted by Gasteiger charge is 2.22. The van der Waals surface area contributed by atoms with Gasteiger partial charge in [-0.2, -0.15) is 0 Å². The SMILES string of the molecule is CCCCn1c(N)c(N(C)C(=O)Cn2cnc3scc(-c4cccs4)c3c2=O)c(=O)[nH]c1=O. The summed E-state index contributed by atoms with van der Waals surface area (Å²) in [5.41, 5.74) is 5.01. The van der Waals surface area contributed by atoms with Gasteiger partial charge in [0.25, 0.3) is 11.1 Å². The summed E-state index contributed by atoms with van der Waals surface area (Å²) >= 11 is 2.88. The standard InChI is InChI=1S/C21H22N6O4S2/c1-3-4-7-27-17(22)16(18(29)24-21(27)31)25(2)14(28)9-26-11-23-19-15(20(26)30)12(10-33-19)13-6-5-8-32-13/h5-6,8,10-11H,3-4,7,9,22H2,1-2H3,(H,24,29,31). The molecule has 12 heteroatoms. The molecule has 3 N–H and O–H groups in total. The Morgan fingerprint density at radius 1 is 1.27 bits per heavy atom. The number of H-pyrrole nitrogens is 1. The van der Waals surface area contributed by atoms with Gasteiger partial charge in [-0.1, -0.05) is 19.4 Å². The molecule has 0 aliphatic heterocycles. The third-order valence-electron chi connectivity index (χ3n) is 5.31. The van der Waals surface area contributed by atoms with E-state index in [9.17, 15) is 19.2 Å². The lowest BCUT2D eigenvalue weighted by atomic mass is 10.2. The predicted molar refractivity (Wildman–Crippen MR) is 131 cm³/mol. The Bertz CT molecular complexity index is 1500. The second-order valence-corrected chi connectivity index (χ2v) is 9.24. The largest absolute Gasteiger partial charge is 0.383 e. The van der Waals surface area contributed by atoms with Crippen LogP contribution in [0.1, 0.15) is 19.8 Å². The summed E-state index contributed by atoms with van der Waals surface area (Å²) in [6.07, 6.45) is 2.83. The minimum absolute atomic E-state index is 0.0909. The van der Waals surface area contributed by atoms with Gasteiger partial charge in [0, 0.05) is 29.4 Å². The lowest BCUT2D eigenvalue weighted by molar-refractivity contribution is -0.118. The molecule has 0 spiro atoms. The van der Waals surface area contributed by atoms with Gasteiger partial charge < -0.3 is 10.6 Å². The molecule has 4 aromatic rings. The summed E-state index contributed by atoms with van der Waals surface area (Å²) < 4.78 is 2.45. The minimum atomic E-state index is -0.764. The number of nitrogen functional groups attached to an aromatic ring is 1. The van der Waals surface area contributed by atoms with E-state index in [1.54, 1.807) is 0 Å². The van der Waals surface area contributed by atoms with Crippen molar-refractivity contribution in [3.8, 4) is 10.4 Å². The van der Waals surface area contributed by atoms with Crippen LogP contribution in [0.3, 0.4) is 0 Å². The van der Waals surface area contributed by atoms with E-state index in [4.69, 9.17) is 5.73 Å². The van der Waals surface area contributed by atoms with Crippen molar-refractivity contribution < 1.29 is 4.79 Å². The summed E-state index contributed by atoms with van der Waals surface area (Å²) in [6, 6.07) is 3.82. The summed E-state index contributed by atoms with van der Waals surface area (Å²) in [5, 5.41) is 4.25. The first-order valence-corrected chi connectivity index (χ1v) is 12.0. The van der Waals surface area contributed by atoms with E-state index in [1.807, 2.05) is 29.8 Å². The van der Waals surface area contributed by atoms with Crippen LogP contribution in [0.25, 0.3) is 20.7 Å². The van der Waals surface area contributed by atoms with Crippen LogP contribution in [0.4, 0.5) is 11.5 Å². The van der Waals surface area contributed by atoms with Crippen LogP contribution >= 0.6 is 22.7 Å². The Labute approximate surface area is 195 Å². The maximum absolute atomic E-state index is 13.2. The van der Waals surface area contributed by atoms with Crippen molar-refractivity contribution in [2.75, 3.05) is 17.7 Å². The van der Waals surface area contributed by atoms with Gasteiger partial charge in [-0.15, -0.1) is 22.7 Å². The highest BCUT2D eigenvalue weighted by molar-refractivity contribution is 7.18. The van der Waals surface area contributed by atoms with Crippen molar-refractivity contribution in [2.45, 2.75) is 32.9 Å². The number of thiophene rings is 2. The Hall–Kier alpha value is -3.51. The van der Waals surface area contributed by atoms with E-state index in [2.05, 4.69) is 9.97 Å². The number of likely N-dealkylation sites (N-methyl/N-ethyl adjacent to an activating group) is 1. The van der Waals surface area contributed by atoms with Crippen LogP contribution in [0, 0.1) is 0 Å². The maximum Gasteiger partial charge on any atom is 0.330 e. The molecule has 0 saturated heterocycles. The number of anilines is 2. The van der Waals surface area contributed by atoms with Crippen molar-refractivity contribution in [1.82, 2.24) is 19.1 Å². The predicted octanol–water partition coefficient (Wildman–Crippen LogP) is 2.08. The molecule has 0 radical (unpaired) electrons. The van der Waals surface area contributed by atoms with Crippen molar-refractivity contribution in [3.05, 3.63) is 60.4 Å². The molecule has 0 atom stereocenters. The number of nitrogens with one attached hydrogen (secondary N) is 1. The molecule has 33 heavy (non-hydrogen) atoms. The number of unbranched alkanes of at least 4 members (excludes halogenated alkanes) is 1. The zero-order valence-corrected chi connectivity index (χ0v) is 19.7. The number of carbonyl (C=O) groups excluding carboxylic acids is 1.